The maximum absolute atomic E-state index is 12.5. The maximum atomic E-state index is 12.5. The zero-order valence-corrected chi connectivity index (χ0v) is 13.4. The van der Waals surface area contributed by atoms with Gasteiger partial charge in [0.25, 0.3) is 5.91 Å². The van der Waals surface area contributed by atoms with E-state index >= 15 is 0 Å². The molecule has 1 aromatic carbocycles. The third-order valence-electron chi connectivity index (χ3n) is 3.99. The third kappa shape index (κ3) is 3.10. The van der Waals surface area contributed by atoms with E-state index in [2.05, 4.69) is 15.1 Å². The van der Waals surface area contributed by atoms with Crippen molar-refractivity contribution in [3.8, 4) is 5.69 Å². The summed E-state index contributed by atoms with van der Waals surface area (Å²) in [5.74, 6) is -0.154. The Bertz CT molecular complexity index is 864. The number of rotatable bonds is 4. The number of carbonyl (C=O) groups is 1. The standard InChI is InChI=1S/C17H17N5O2/c1-12(21(2)17(24)14-5-8-16(23)19-9-14)13-3-6-15(7-4-13)22-11-18-10-20-22/h3-12H,1-2H3,(H,19,23). The molecule has 0 saturated heterocycles. The molecule has 0 fully saturated rings. The zero-order chi connectivity index (χ0) is 17.1. The first-order valence-corrected chi connectivity index (χ1v) is 7.47. The summed E-state index contributed by atoms with van der Waals surface area (Å²) in [5.41, 5.74) is 2.12. The number of aromatic amines is 1. The molecule has 2 aromatic heterocycles. The molecule has 0 aliphatic heterocycles. The quantitative estimate of drug-likeness (QED) is 0.793. The second-order valence-electron chi connectivity index (χ2n) is 5.47. The van der Waals surface area contributed by atoms with Crippen LogP contribution in [0.25, 0.3) is 5.69 Å². The van der Waals surface area contributed by atoms with Gasteiger partial charge in [-0.2, -0.15) is 5.10 Å². The number of nitrogens with zero attached hydrogens (tertiary/aromatic N) is 4. The molecule has 1 N–H and O–H groups in total. The molecule has 3 rings (SSSR count). The van der Waals surface area contributed by atoms with Crippen LogP contribution in [-0.4, -0.2) is 37.6 Å². The van der Waals surface area contributed by atoms with Gasteiger partial charge >= 0.3 is 0 Å². The molecule has 3 aromatic rings. The van der Waals surface area contributed by atoms with Crippen molar-refractivity contribution in [3.05, 3.63) is 76.7 Å². The molecule has 1 amide bonds. The SMILES string of the molecule is CC(c1ccc(-n2cncn2)cc1)N(C)C(=O)c1ccc(=O)[nH]c1. The molecule has 24 heavy (non-hydrogen) atoms. The van der Waals surface area contributed by atoms with Crippen molar-refractivity contribution in [2.45, 2.75) is 13.0 Å². The molecule has 2 heterocycles. The Kier molecular flexibility index (Phi) is 4.24. The van der Waals surface area contributed by atoms with Crippen molar-refractivity contribution < 1.29 is 4.79 Å². The summed E-state index contributed by atoms with van der Waals surface area (Å²) < 4.78 is 1.67. The minimum absolute atomic E-state index is 0.116. The summed E-state index contributed by atoms with van der Waals surface area (Å²) in [6, 6.07) is 10.5. The Labute approximate surface area is 138 Å². The molecule has 7 nitrogen and oxygen atoms in total. The van der Waals surface area contributed by atoms with Gasteiger partial charge in [0.05, 0.1) is 17.3 Å². The first-order valence-electron chi connectivity index (χ1n) is 7.47. The molecular formula is C17H17N5O2. The number of carbonyl (C=O) groups excluding carboxylic acids is 1. The van der Waals surface area contributed by atoms with E-state index in [1.807, 2.05) is 31.2 Å². The Hall–Kier alpha value is -3.22. The molecule has 0 saturated carbocycles. The molecular weight excluding hydrogens is 306 g/mol. The molecule has 1 atom stereocenters. The highest BCUT2D eigenvalue weighted by atomic mass is 16.2. The van der Waals surface area contributed by atoms with Crippen LogP contribution < -0.4 is 5.56 Å². The van der Waals surface area contributed by atoms with Crippen LogP contribution in [0.4, 0.5) is 0 Å². The van der Waals surface area contributed by atoms with Crippen LogP contribution in [0.5, 0.6) is 0 Å². The highest BCUT2D eigenvalue weighted by Crippen LogP contribution is 2.21. The molecule has 0 bridgehead atoms. The van der Waals surface area contributed by atoms with Gasteiger partial charge in [-0.3, -0.25) is 9.59 Å². The molecule has 0 aliphatic carbocycles. The second kappa shape index (κ2) is 6.49. The average Bonchev–Trinajstić information content (AvgIpc) is 3.15. The van der Waals surface area contributed by atoms with E-state index < -0.39 is 0 Å². The van der Waals surface area contributed by atoms with Gasteiger partial charge in [-0.25, -0.2) is 9.67 Å². The van der Waals surface area contributed by atoms with Crippen LogP contribution in [0.15, 0.2) is 60.0 Å². The highest BCUT2D eigenvalue weighted by molar-refractivity contribution is 5.93. The Morgan fingerprint density at radius 3 is 2.54 bits per heavy atom. The van der Waals surface area contributed by atoms with Gasteiger partial charge in [-0.1, -0.05) is 12.1 Å². The van der Waals surface area contributed by atoms with Crippen LogP contribution in [0.1, 0.15) is 28.9 Å². The van der Waals surface area contributed by atoms with Crippen molar-refractivity contribution in [1.29, 1.82) is 0 Å². The Balaban J connectivity index is 1.77. The van der Waals surface area contributed by atoms with E-state index in [4.69, 9.17) is 0 Å². The molecule has 122 valence electrons. The van der Waals surface area contributed by atoms with Gasteiger partial charge in [0, 0.05) is 19.3 Å². The Morgan fingerprint density at radius 1 is 1.21 bits per heavy atom. The predicted octanol–water partition coefficient (Wildman–Crippen LogP) is 1.79. The van der Waals surface area contributed by atoms with Gasteiger partial charge in [-0.05, 0) is 30.7 Å². The number of benzene rings is 1. The van der Waals surface area contributed by atoms with Crippen molar-refractivity contribution in [3.63, 3.8) is 0 Å². The third-order valence-corrected chi connectivity index (χ3v) is 3.99. The summed E-state index contributed by atoms with van der Waals surface area (Å²) in [6.07, 6.45) is 4.54. The topological polar surface area (TPSA) is 83.9 Å². The normalized spacial score (nSPS) is 11.9. The van der Waals surface area contributed by atoms with Gasteiger partial charge in [0.15, 0.2) is 0 Å². The van der Waals surface area contributed by atoms with Gasteiger partial charge in [0.1, 0.15) is 12.7 Å². The number of hydrogen-bond donors (Lipinski definition) is 1. The lowest BCUT2D eigenvalue weighted by atomic mass is 10.1. The molecule has 0 radical (unpaired) electrons. The van der Waals surface area contributed by atoms with E-state index in [-0.39, 0.29) is 17.5 Å². The Morgan fingerprint density at radius 2 is 1.96 bits per heavy atom. The van der Waals surface area contributed by atoms with Crippen LogP contribution in [0, 0.1) is 0 Å². The van der Waals surface area contributed by atoms with Crippen molar-refractivity contribution in [1.82, 2.24) is 24.6 Å². The number of hydrogen-bond acceptors (Lipinski definition) is 4. The fourth-order valence-electron chi connectivity index (χ4n) is 2.39. The largest absolute Gasteiger partial charge is 0.335 e. The van der Waals surface area contributed by atoms with Crippen LogP contribution in [0.2, 0.25) is 0 Å². The summed E-state index contributed by atoms with van der Waals surface area (Å²) in [7, 11) is 1.74. The minimum Gasteiger partial charge on any atom is -0.335 e. The van der Waals surface area contributed by atoms with Gasteiger partial charge in [-0.15, -0.1) is 0 Å². The van der Waals surface area contributed by atoms with Crippen LogP contribution in [0.3, 0.4) is 0 Å². The first kappa shape index (κ1) is 15.7. The van der Waals surface area contributed by atoms with Crippen LogP contribution in [-0.2, 0) is 0 Å². The van der Waals surface area contributed by atoms with Crippen molar-refractivity contribution in [2.24, 2.45) is 0 Å². The fourth-order valence-corrected chi connectivity index (χ4v) is 2.39. The molecule has 0 spiro atoms. The number of pyridine rings is 1. The number of H-pyrrole nitrogens is 1. The average molecular weight is 323 g/mol. The summed E-state index contributed by atoms with van der Waals surface area (Å²) in [4.78, 5) is 31.7. The smallest absolute Gasteiger partial charge is 0.255 e. The monoisotopic (exact) mass is 323 g/mol. The number of aromatic nitrogens is 4. The lowest BCUT2D eigenvalue weighted by molar-refractivity contribution is 0.0742. The summed E-state index contributed by atoms with van der Waals surface area (Å²) >= 11 is 0. The molecule has 1 unspecified atom stereocenters. The van der Waals surface area contributed by atoms with E-state index in [0.29, 0.717) is 5.56 Å². The molecule has 7 heteroatoms. The van der Waals surface area contributed by atoms with Crippen LogP contribution >= 0.6 is 0 Å². The second-order valence-corrected chi connectivity index (χ2v) is 5.47. The number of amides is 1. The first-order chi connectivity index (χ1) is 11.6. The van der Waals surface area contributed by atoms with Crippen molar-refractivity contribution >= 4 is 5.91 Å². The summed E-state index contributed by atoms with van der Waals surface area (Å²) in [5, 5.41) is 4.08. The van der Waals surface area contributed by atoms with Crippen molar-refractivity contribution in [2.75, 3.05) is 7.05 Å². The predicted molar refractivity (Wildman–Crippen MR) is 88.9 cm³/mol. The van der Waals surface area contributed by atoms with E-state index in [9.17, 15) is 9.59 Å². The maximum Gasteiger partial charge on any atom is 0.255 e. The summed E-state index contributed by atoms with van der Waals surface area (Å²) in [6.45, 7) is 1.95. The highest BCUT2D eigenvalue weighted by Gasteiger charge is 2.19. The lowest BCUT2D eigenvalue weighted by Gasteiger charge is -2.25. The molecule has 0 aliphatic rings. The van der Waals surface area contributed by atoms with E-state index in [1.165, 1.54) is 24.7 Å². The fraction of sp³-hybridized carbons (Fsp3) is 0.176. The van der Waals surface area contributed by atoms with E-state index in [1.54, 1.807) is 23.0 Å². The van der Waals surface area contributed by atoms with E-state index in [0.717, 1.165) is 11.3 Å². The number of nitrogens with one attached hydrogen (secondary N) is 1. The van der Waals surface area contributed by atoms with Gasteiger partial charge in [0.2, 0.25) is 5.56 Å². The van der Waals surface area contributed by atoms with Gasteiger partial charge < -0.3 is 9.88 Å². The lowest BCUT2D eigenvalue weighted by Crippen LogP contribution is -2.30. The zero-order valence-electron chi connectivity index (χ0n) is 13.4. The minimum atomic E-state index is -0.231.